The van der Waals surface area contributed by atoms with E-state index in [1.807, 2.05) is 0 Å². The van der Waals surface area contributed by atoms with Crippen molar-refractivity contribution in [2.75, 3.05) is 24.9 Å². The molecule has 2 rings (SSSR count). The summed E-state index contributed by atoms with van der Waals surface area (Å²) >= 11 is 0. The predicted octanol–water partition coefficient (Wildman–Crippen LogP) is 2.45. The molecule has 0 radical (unpaired) electrons. The molecule has 7 heteroatoms. The molecule has 2 N–H and O–H groups in total. The fourth-order valence-electron chi connectivity index (χ4n) is 2.13. The van der Waals surface area contributed by atoms with Crippen LogP contribution in [0, 0.1) is 0 Å². The number of carbonyl (C=O) groups is 3. The van der Waals surface area contributed by atoms with Crippen LogP contribution in [0.3, 0.4) is 0 Å². The monoisotopic (exact) mass is 342 g/mol. The third-order valence-corrected chi connectivity index (χ3v) is 3.28. The largest absolute Gasteiger partial charge is 0.497 e. The van der Waals surface area contributed by atoms with E-state index in [2.05, 4.69) is 15.4 Å². The van der Waals surface area contributed by atoms with Crippen LogP contribution < -0.4 is 15.4 Å². The number of ether oxygens (including phenoxy) is 2. The van der Waals surface area contributed by atoms with Crippen LogP contribution in [0.4, 0.5) is 11.4 Å². The maximum absolute atomic E-state index is 12.1. The van der Waals surface area contributed by atoms with Crippen LogP contribution in [0.5, 0.6) is 5.75 Å². The summed E-state index contributed by atoms with van der Waals surface area (Å²) in [5.74, 6) is -1.01. The number of nitrogens with one attached hydrogen (secondary N) is 2. The number of rotatable bonds is 6. The van der Waals surface area contributed by atoms with E-state index in [9.17, 15) is 14.4 Å². The summed E-state index contributed by atoms with van der Waals surface area (Å²) in [6.45, 7) is 0. The number of methoxy groups -OCH3 is 2. The van der Waals surface area contributed by atoms with E-state index in [0.717, 1.165) is 0 Å². The van der Waals surface area contributed by atoms with E-state index >= 15 is 0 Å². The fraction of sp³-hybridized carbons (Fsp3) is 0.167. The molecule has 2 amide bonds. The zero-order chi connectivity index (χ0) is 18.2. The van der Waals surface area contributed by atoms with Crippen molar-refractivity contribution < 1.29 is 23.9 Å². The molecule has 0 atom stereocenters. The Bertz CT molecular complexity index is 789. The van der Waals surface area contributed by atoms with Gasteiger partial charge in [0.1, 0.15) is 12.2 Å². The third kappa shape index (κ3) is 5.07. The second kappa shape index (κ2) is 8.49. The highest BCUT2D eigenvalue weighted by Gasteiger charge is 2.15. The van der Waals surface area contributed by atoms with Crippen LogP contribution in [0.15, 0.2) is 48.5 Å². The van der Waals surface area contributed by atoms with Crippen molar-refractivity contribution in [2.24, 2.45) is 0 Å². The van der Waals surface area contributed by atoms with Gasteiger partial charge in [0.05, 0.1) is 25.5 Å². The highest BCUT2D eigenvalue weighted by molar-refractivity contribution is 6.10. The molecule has 2 aromatic carbocycles. The van der Waals surface area contributed by atoms with Crippen LogP contribution in [-0.4, -0.2) is 32.0 Å². The predicted molar refractivity (Wildman–Crippen MR) is 92.7 cm³/mol. The Morgan fingerprint density at radius 2 is 1.64 bits per heavy atom. The lowest BCUT2D eigenvalue weighted by molar-refractivity contribution is -0.123. The first kappa shape index (κ1) is 18.0. The molecule has 0 unspecified atom stereocenters. The molecule has 0 aliphatic carbocycles. The third-order valence-electron chi connectivity index (χ3n) is 3.28. The van der Waals surface area contributed by atoms with Gasteiger partial charge < -0.3 is 20.1 Å². The van der Waals surface area contributed by atoms with Gasteiger partial charge in [-0.1, -0.05) is 18.2 Å². The van der Waals surface area contributed by atoms with Crippen LogP contribution in [-0.2, 0) is 14.3 Å². The normalized spacial score (nSPS) is 9.84. The van der Waals surface area contributed by atoms with Gasteiger partial charge in [0.2, 0.25) is 11.8 Å². The van der Waals surface area contributed by atoms with Gasteiger partial charge in [-0.2, -0.15) is 0 Å². The van der Waals surface area contributed by atoms with E-state index in [1.165, 1.54) is 20.3 Å². The summed E-state index contributed by atoms with van der Waals surface area (Å²) in [5.41, 5.74) is 1.02. The number of carbonyl (C=O) groups excluding carboxylic acids is 3. The number of hydrogen-bond donors (Lipinski definition) is 2. The maximum Gasteiger partial charge on any atom is 0.339 e. The fourth-order valence-corrected chi connectivity index (χ4v) is 2.13. The van der Waals surface area contributed by atoms with E-state index in [-0.39, 0.29) is 11.3 Å². The quantitative estimate of drug-likeness (QED) is 0.621. The minimum Gasteiger partial charge on any atom is -0.497 e. The Morgan fingerprint density at radius 1 is 0.920 bits per heavy atom. The van der Waals surface area contributed by atoms with Crippen LogP contribution in [0.2, 0.25) is 0 Å². The lowest BCUT2D eigenvalue weighted by Gasteiger charge is -2.10. The van der Waals surface area contributed by atoms with E-state index in [0.29, 0.717) is 11.4 Å². The summed E-state index contributed by atoms with van der Waals surface area (Å²) in [6, 6.07) is 13.2. The number of esters is 1. The number of hydrogen-bond acceptors (Lipinski definition) is 5. The minimum atomic E-state index is -0.572. The van der Waals surface area contributed by atoms with Crippen molar-refractivity contribution in [1.82, 2.24) is 0 Å². The molecule has 0 spiro atoms. The smallest absolute Gasteiger partial charge is 0.339 e. The molecule has 0 saturated carbocycles. The standard InChI is InChI=1S/C18H18N2O5/c1-24-13-7-5-6-12(10-13)19-16(21)11-17(22)20-15-9-4-3-8-14(15)18(23)25-2/h3-10H,11H2,1-2H3,(H,19,21)(H,20,22). The lowest BCUT2D eigenvalue weighted by atomic mass is 10.1. The van der Waals surface area contributed by atoms with Gasteiger partial charge >= 0.3 is 5.97 Å². The first-order valence-electron chi connectivity index (χ1n) is 7.44. The van der Waals surface area contributed by atoms with Crippen LogP contribution in [0.25, 0.3) is 0 Å². The molecule has 7 nitrogen and oxygen atoms in total. The number of anilines is 2. The second-order valence-electron chi connectivity index (χ2n) is 5.04. The molecule has 0 aliphatic rings. The summed E-state index contributed by atoms with van der Waals surface area (Å²) in [7, 11) is 2.77. The number of para-hydroxylation sites is 1. The lowest BCUT2D eigenvalue weighted by Crippen LogP contribution is -2.22. The van der Waals surface area contributed by atoms with Gasteiger partial charge in [-0.15, -0.1) is 0 Å². The van der Waals surface area contributed by atoms with Crippen molar-refractivity contribution >= 4 is 29.2 Å². The molecule has 0 aromatic heterocycles. The van der Waals surface area contributed by atoms with Crippen LogP contribution in [0.1, 0.15) is 16.8 Å². The van der Waals surface area contributed by atoms with Crippen molar-refractivity contribution in [2.45, 2.75) is 6.42 Å². The average molecular weight is 342 g/mol. The van der Waals surface area contributed by atoms with E-state index < -0.39 is 24.2 Å². The van der Waals surface area contributed by atoms with Crippen molar-refractivity contribution in [3.05, 3.63) is 54.1 Å². The number of amides is 2. The molecule has 130 valence electrons. The average Bonchev–Trinajstić information content (AvgIpc) is 2.61. The summed E-state index contributed by atoms with van der Waals surface area (Å²) < 4.78 is 9.73. The Kier molecular flexibility index (Phi) is 6.11. The molecule has 0 heterocycles. The first-order chi connectivity index (χ1) is 12.0. The molecule has 0 aliphatic heterocycles. The highest BCUT2D eigenvalue weighted by atomic mass is 16.5. The first-order valence-corrected chi connectivity index (χ1v) is 7.44. The minimum absolute atomic E-state index is 0.214. The van der Waals surface area contributed by atoms with Gasteiger partial charge in [0, 0.05) is 11.8 Å². The van der Waals surface area contributed by atoms with E-state index in [1.54, 1.807) is 42.5 Å². The van der Waals surface area contributed by atoms with Crippen LogP contribution >= 0.6 is 0 Å². The highest BCUT2D eigenvalue weighted by Crippen LogP contribution is 2.18. The summed E-state index contributed by atoms with van der Waals surface area (Å²) in [4.78, 5) is 35.7. The topological polar surface area (TPSA) is 93.7 Å². The van der Waals surface area contributed by atoms with Crippen molar-refractivity contribution in [1.29, 1.82) is 0 Å². The Labute approximate surface area is 144 Å². The van der Waals surface area contributed by atoms with Gasteiger partial charge in [-0.25, -0.2) is 4.79 Å². The van der Waals surface area contributed by atoms with Gasteiger partial charge in [-0.05, 0) is 24.3 Å². The summed E-state index contributed by atoms with van der Waals surface area (Å²) in [6.07, 6.45) is -0.396. The molecule has 0 bridgehead atoms. The van der Waals surface area contributed by atoms with Gasteiger partial charge in [0.25, 0.3) is 0 Å². The molecular weight excluding hydrogens is 324 g/mol. The van der Waals surface area contributed by atoms with Crippen molar-refractivity contribution in [3.63, 3.8) is 0 Å². The molecule has 0 saturated heterocycles. The zero-order valence-electron chi connectivity index (χ0n) is 13.9. The van der Waals surface area contributed by atoms with Gasteiger partial charge in [0.15, 0.2) is 0 Å². The van der Waals surface area contributed by atoms with E-state index in [4.69, 9.17) is 4.74 Å². The molecule has 2 aromatic rings. The second-order valence-corrected chi connectivity index (χ2v) is 5.04. The Hall–Kier alpha value is -3.35. The molecule has 25 heavy (non-hydrogen) atoms. The molecular formula is C18H18N2O5. The van der Waals surface area contributed by atoms with Gasteiger partial charge in [-0.3, -0.25) is 9.59 Å². The molecule has 0 fully saturated rings. The SMILES string of the molecule is COC(=O)c1ccccc1NC(=O)CC(=O)Nc1cccc(OC)c1. The summed E-state index contributed by atoms with van der Waals surface area (Å²) in [5, 5.41) is 5.15. The Morgan fingerprint density at radius 3 is 2.36 bits per heavy atom. The van der Waals surface area contributed by atoms with Crippen molar-refractivity contribution in [3.8, 4) is 5.75 Å². The Balaban J connectivity index is 1.98. The maximum atomic E-state index is 12.1. The number of benzene rings is 2. The zero-order valence-corrected chi connectivity index (χ0v) is 13.9.